The molecule has 0 unspecified atom stereocenters. The third-order valence-corrected chi connectivity index (χ3v) is 3.00. The average Bonchev–Trinajstić information content (AvgIpc) is 2.70. The Labute approximate surface area is 110 Å². The lowest BCUT2D eigenvalue weighted by atomic mass is 10.4. The van der Waals surface area contributed by atoms with Gasteiger partial charge in [-0.2, -0.15) is 13.2 Å². The maximum atomic E-state index is 12.5. The lowest BCUT2D eigenvalue weighted by Crippen LogP contribution is -2.13. The summed E-state index contributed by atoms with van der Waals surface area (Å²) in [6, 6.07) is 0.800. The third-order valence-electron chi connectivity index (χ3n) is 2.16. The molecule has 0 radical (unpaired) electrons. The van der Waals surface area contributed by atoms with Crippen molar-refractivity contribution >= 4 is 11.8 Å². The molecule has 2 heterocycles. The summed E-state index contributed by atoms with van der Waals surface area (Å²) in [6.07, 6.45) is -2.91. The molecule has 0 fully saturated rings. The molecule has 0 spiro atoms. The number of rotatable bonds is 3. The zero-order valence-electron chi connectivity index (χ0n) is 9.72. The van der Waals surface area contributed by atoms with Crippen molar-refractivity contribution in [2.45, 2.75) is 29.8 Å². The Morgan fingerprint density at radius 1 is 1.37 bits per heavy atom. The van der Waals surface area contributed by atoms with Gasteiger partial charge in [-0.3, -0.25) is 0 Å². The van der Waals surface area contributed by atoms with Crippen molar-refractivity contribution in [3.05, 3.63) is 23.8 Å². The lowest BCUT2D eigenvalue weighted by molar-refractivity contribution is -0.141. The Morgan fingerprint density at radius 3 is 2.68 bits per heavy atom. The van der Waals surface area contributed by atoms with Crippen molar-refractivity contribution in [1.82, 2.24) is 24.8 Å². The Hall–Kier alpha value is -1.84. The van der Waals surface area contributed by atoms with Gasteiger partial charge in [-0.05, 0) is 17.8 Å². The molecule has 0 aliphatic carbocycles. The first kappa shape index (κ1) is 13.6. The van der Waals surface area contributed by atoms with E-state index in [1.54, 1.807) is 0 Å². The molecule has 2 N–H and O–H groups in total. The number of halogens is 3. The first-order valence-electron chi connectivity index (χ1n) is 5.19. The van der Waals surface area contributed by atoms with Crippen LogP contribution >= 0.6 is 11.8 Å². The molecule has 102 valence electrons. The summed E-state index contributed by atoms with van der Waals surface area (Å²) in [5.74, 6) is 6.20. The van der Waals surface area contributed by atoms with Crippen LogP contribution < -0.4 is 5.84 Å². The zero-order chi connectivity index (χ0) is 14.0. The predicted molar refractivity (Wildman–Crippen MR) is 60.7 cm³/mol. The van der Waals surface area contributed by atoms with Gasteiger partial charge < -0.3 is 5.84 Å². The molecule has 0 saturated carbocycles. The van der Waals surface area contributed by atoms with Crippen LogP contribution in [-0.2, 0) is 12.6 Å². The predicted octanol–water partition coefficient (Wildman–Crippen LogP) is 1.51. The van der Waals surface area contributed by atoms with Crippen molar-refractivity contribution in [2.24, 2.45) is 0 Å². The van der Waals surface area contributed by atoms with Crippen molar-refractivity contribution in [3.63, 3.8) is 0 Å². The minimum Gasteiger partial charge on any atom is -0.336 e. The molecule has 2 aromatic rings. The van der Waals surface area contributed by atoms with E-state index < -0.39 is 11.9 Å². The molecule has 19 heavy (non-hydrogen) atoms. The molecule has 10 heteroatoms. The second-order valence-electron chi connectivity index (χ2n) is 3.45. The topological polar surface area (TPSA) is 82.5 Å². The molecule has 0 aliphatic heterocycles. The van der Waals surface area contributed by atoms with E-state index >= 15 is 0 Å². The van der Waals surface area contributed by atoms with Gasteiger partial charge in [0.15, 0.2) is 11.0 Å². The second kappa shape index (κ2) is 5.03. The molecule has 0 atom stereocenters. The molecule has 0 aromatic carbocycles. The van der Waals surface area contributed by atoms with Crippen LogP contribution in [0.4, 0.5) is 13.2 Å². The van der Waals surface area contributed by atoms with Gasteiger partial charge in [0.25, 0.3) is 0 Å². The smallest absolute Gasteiger partial charge is 0.336 e. The second-order valence-corrected chi connectivity index (χ2v) is 4.38. The summed E-state index contributed by atoms with van der Waals surface area (Å²) in [7, 11) is 0. The fourth-order valence-electron chi connectivity index (χ4n) is 1.25. The monoisotopic (exact) mass is 290 g/mol. The summed E-state index contributed by atoms with van der Waals surface area (Å²) in [5, 5.41) is 7.70. The van der Waals surface area contributed by atoms with Crippen molar-refractivity contribution in [2.75, 3.05) is 5.84 Å². The summed E-state index contributed by atoms with van der Waals surface area (Å²) >= 11 is 0.823. The van der Waals surface area contributed by atoms with Crippen molar-refractivity contribution < 1.29 is 13.2 Å². The largest absolute Gasteiger partial charge is 0.433 e. The third kappa shape index (κ3) is 2.95. The highest BCUT2D eigenvalue weighted by Crippen LogP contribution is 2.29. The number of hydrogen-bond acceptors (Lipinski definition) is 6. The quantitative estimate of drug-likeness (QED) is 0.681. The first-order chi connectivity index (χ1) is 8.91. The van der Waals surface area contributed by atoms with Crippen LogP contribution in [0.1, 0.15) is 18.4 Å². The Balaban J connectivity index is 2.26. The van der Waals surface area contributed by atoms with Gasteiger partial charge in [-0.1, -0.05) is 6.92 Å². The first-order valence-corrected chi connectivity index (χ1v) is 6.01. The number of aromatic nitrogens is 5. The molecular weight excluding hydrogens is 281 g/mol. The van der Waals surface area contributed by atoms with Crippen LogP contribution in [0.2, 0.25) is 0 Å². The molecule has 2 aromatic heterocycles. The summed E-state index contributed by atoms with van der Waals surface area (Å²) in [5.41, 5.74) is -1.01. The molecule has 6 nitrogen and oxygen atoms in total. The number of alkyl halides is 3. The van der Waals surface area contributed by atoms with Gasteiger partial charge in [0.05, 0.1) is 0 Å². The normalized spacial score (nSPS) is 11.8. The number of nitrogens with zero attached hydrogens (tertiary/aromatic N) is 5. The van der Waals surface area contributed by atoms with Gasteiger partial charge >= 0.3 is 6.18 Å². The molecule has 0 aliphatic rings. The van der Waals surface area contributed by atoms with Gasteiger partial charge in [0, 0.05) is 12.6 Å². The fourth-order valence-corrected chi connectivity index (χ4v) is 1.95. The molecular formula is C9H9F3N6S. The Kier molecular flexibility index (Phi) is 3.60. The van der Waals surface area contributed by atoms with Crippen molar-refractivity contribution in [3.8, 4) is 0 Å². The summed E-state index contributed by atoms with van der Waals surface area (Å²) in [6.45, 7) is 1.84. The van der Waals surface area contributed by atoms with Crippen LogP contribution in [0, 0.1) is 0 Å². The maximum absolute atomic E-state index is 12.5. The molecule has 0 bridgehead atoms. The van der Waals surface area contributed by atoms with Gasteiger partial charge in [-0.15, -0.1) is 10.2 Å². The van der Waals surface area contributed by atoms with Crippen LogP contribution in [0.25, 0.3) is 0 Å². The van der Waals surface area contributed by atoms with Crippen LogP contribution in [-0.4, -0.2) is 24.8 Å². The van der Waals surface area contributed by atoms with Crippen LogP contribution in [0.3, 0.4) is 0 Å². The standard InChI is InChI=1S/C9H9F3N6S/c1-2-6-16-17-8(18(6)13)19-7-14-4-3-5(15-7)9(10,11)12/h3-4H,2,13H2,1H3. The molecule has 2 rings (SSSR count). The molecule has 0 amide bonds. The minimum atomic E-state index is -4.51. The van der Waals surface area contributed by atoms with Gasteiger partial charge in [-0.25, -0.2) is 14.6 Å². The number of hydrogen-bond donors (Lipinski definition) is 1. The van der Waals surface area contributed by atoms with E-state index in [4.69, 9.17) is 5.84 Å². The van der Waals surface area contributed by atoms with E-state index in [-0.39, 0.29) is 10.3 Å². The van der Waals surface area contributed by atoms with Crippen molar-refractivity contribution in [1.29, 1.82) is 0 Å². The highest BCUT2D eigenvalue weighted by Gasteiger charge is 2.33. The summed E-state index contributed by atoms with van der Waals surface area (Å²) in [4.78, 5) is 7.15. The van der Waals surface area contributed by atoms with E-state index in [9.17, 15) is 13.2 Å². The average molecular weight is 290 g/mol. The number of nitrogen functional groups attached to an aromatic ring is 1. The highest BCUT2D eigenvalue weighted by molar-refractivity contribution is 7.99. The van der Waals surface area contributed by atoms with Gasteiger partial charge in [0.1, 0.15) is 5.69 Å². The van der Waals surface area contributed by atoms with E-state index in [0.29, 0.717) is 12.2 Å². The maximum Gasteiger partial charge on any atom is 0.433 e. The van der Waals surface area contributed by atoms with E-state index in [2.05, 4.69) is 20.2 Å². The summed E-state index contributed by atoms with van der Waals surface area (Å²) < 4.78 is 38.7. The Bertz CT molecular complexity index is 582. The lowest BCUT2D eigenvalue weighted by Gasteiger charge is -2.06. The highest BCUT2D eigenvalue weighted by atomic mass is 32.2. The Morgan fingerprint density at radius 2 is 2.11 bits per heavy atom. The van der Waals surface area contributed by atoms with Crippen LogP contribution in [0.5, 0.6) is 0 Å². The number of nitrogens with two attached hydrogens (primary N) is 1. The minimum absolute atomic E-state index is 0.0865. The van der Waals surface area contributed by atoms with E-state index in [1.165, 1.54) is 4.68 Å². The van der Waals surface area contributed by atoms with E-state index in [1.807, 2.05) is 6.92 Å². The number of aryl methyl sites for hydroxylation is 1. The zero-order valence-corrected chi connectivity index (χ0v) is 10.5. The van der Waals surface area contributed by atoms with Crippen LogP contribution in [0.15, 0.2) is 22.6 Å². The molecule has 0 saturated heterocycles. The SMILES string of the molecule is CCc1nnc(Sc2nccc(C(F)(F)F)n2)n1N. The fraction of sp³-hybridized carbons (Fsp3) is 0.333. The van der Waals surface area contributed by atoms with E-state index in [0.717, 1.165) is 24.0 Å². The van der Waals surface area contributed by atoms with Gasteiger partial charge in [0.2, 0.25) is 5.16 Å².